The molecule has 126 valence electrons. The lowest BCUT2D eigenvalue weighted by atomic mass is 9.95. The maximum Gasteiger partial charge on any atom is 0.257 e. The van der Waals surface area contributed by atoms with E-state index >= 15 is 0 Å². The Morgan fingerprint density at radius 3 is 2.12 bits per heavy atom. The molecule has 5 heteroatoms. The van der Waals surface area contributed by atoms with E-state index in [4.69, 9.17) is 4.74 Å². The number of nitrogens with one attached hydrogen (secondary N) is 2. The van der Waals surface area contributed by atoms with E-state index in [1.807, 2.05) is 60.7 Å². The van der Waals surface area contributed by atoms with Crippen LogP contribution in [-0.2, 0) is 26.5 Å². The molecule has 0 radical (unpaired) electrons. The van der Waals surface area contributed by atoms with Gasteiger partial charge >= 0.3 is 0 Å². The van der Waals surface area contributed by atoms with Gasteiger partial charge in [-0.05, 0) is 18.1 Å². The van der Waals surface area contributed by atoms with Crippen LogP contribution in [0.4, 0.5) is 0 Å². The predicted octanol–water partition coefficient (Wildman–Crippen LogP) is 1.98. The summed E-state index contributed by atoms with van der Waals surface area (Å²) in [6, 6.07) is 18.8. The van der Waals surface area contributed by atoms with Crippen molar-refractivity contribution in [2.24, 2.45) is 0 Å². The minimum absolute atomic E-state index is 0.0998. The molecule has 2 N–H and O–H groups in total. The molecule has 2 amide bonds. The lowest BCUT2D eigenvalue weighted by molar-refractivity contribution is -0.143. The summed E-state index contributed by atoms with van der Waals surface area (Å²) in [5.74, 6) is -0.607. The third kappa shape index (κ3) is 4.43. The van der Waals surface area contributed by atoms with Crippen LogP contribution in [0.15, 0.2) is 60.7 Å². The quantitative estimate of drug-likeness (QED) is 0.817. The molecular weight excluding hydrogens is 304 g/mol. The highest BCUT2D eigenvalue weighted by Crippen LogP contribution is 2.24. The molecule has 0 aliphatic rings. The molecule has 0 spiro atoms. The Morgan fingerprint density at radius 2 is 1.54 bits per heavy atom. The number of benzene rings is 2. The van der Waals surface area contributed by atoms with Gasteiger partial charge in [-0.25, -0.2) is 0 Å². The van der Waals surface area contributed by atoms with Crippen LogP contribution in [0.3, 0.4) is 0 Å². The number of methoxy groups -OCH3 is 1. The highest BCUT2D eigenvalue weighted by molar-refractivity contribution is 5.90. The summed E-state index contributed by atoms with van der Waals surface area (Å²) in [5.41, 5.74) is 0.596. The van der Waals surface area contributed by atoms with Crippen molar-refractivity contribution in [3.63, 3.8) is 0 Å². The summed E-state index contributed by atoms with van der Waals surface area (Å²) in [4.78, 5) is 24.4. The summed E-state index contributed by atoms with van der Waals surface area (Å²) in [7, 11) is 1.47. The second-order valence-electron chi connectivity index (χ2n) is 5.55. The monoisotopic (exact) mass is 326 g/mol. The maximum atomic E-state index is 12.5. The topological polar surface area (TPSA) is 67.4 Å². The fraction of sp³-hybridized carbons (Fsp3) is 0.263. The highest BCUT2D eigenvalue weighted by atomic mass is 16.5. The van der Waals surface area contributed by atoms with Crippen LogP contribution in [0.5, 0.6) is 0 Å². The van der Waals surface area contributed by atoms with Crippen molar-refractivity contribution in [3.8, 4) is 0 Å². The van der Waals surface area contributed by atoms with Gasteiger partial charge in [-0.15, -0.1) is 0 Å². The number of ether oxygens (including phenoxy) is 1. The summed E-state index contributed by atoms with van der Waals surface area (Å²) < 4.78 is 5.40. The highest BCUT2D eigenvalue weighted by Gasteiger charge is 2.35. The smallest absolute Gasteiger partial charge is 0.257 e. The molecule has 2 aromatic rings. The van der Waals surface area contributed by atoms with Crippen molar-refractivity contribution in [1.29, 1.82) is 0 Å². The molecule has 0 bridgehead atoms. The average Bonchev–Trinajstić information content (AvgIpc) is 2.65. The van der Waals surface area contributed by atoms with E-state index in [-0.39, 0.29) is 18.4 Å². The Hall–Kier alpha value is -2.66. The number of rotatable bonds is 7. The average molecular weight is 326 g/mol. The van der Waals surface area contributed by atoms with Gasteiger partial charge in [0.05, 0.1) is 6.54 Å². The molecule has 2 aromatic carbocycles. The van der Waals surface area contributed by atoms with E-state index in [0.717, 1.165) is 11.1 Å². The molecule has 1 atom stereocenters. The molecule has 0 saturated heterocycles. The molecular formula is C19H22N2O3. The van der Waals surface area contributed by atoms with Crippen molar-refractivity contribution in [2.45, 2.75) is 19.1 Å². The van der Waals surface area contributed by atoms with Gasteiger partial charge in [0.1, 0.15) is 0 Å². The number of carbonyl (C=O) groups is 2. The third-order valence-electron chi connectivity index (χ3n) is 3.91. The number of amides is 2. The van der Waals surface area contributed by atoms with Crippen LogP contribution >= 0.6 is 0 Å². The standard InChI is InChI=1S/C19H22N2O3/c1-19(24-2,16-11-7-4-8-12-16)18(23)21-14-17(22)20-13-15-9-5-3-6-10-15/h3-12H,13-14H2,1-2H3,(H,20,22)(H,21,23)/t19-/m1/s1. The molecule has 0 aliphatic heterocycles. The van der Waals surface area contributed by atoms with E-state index in [1.165, 1.54) is 7.11 Å². The molecule has 0 aromatic heterocycles. The van der Waals surface area contributed by atoms with Gasteiger partial charge in [0.2, 0.25) is 5.91 Å². The Morgan fingerprint density at radius 1 is 0.958 bits per heavy atom. The number of hydrogen-bond donors (Lipinski definition) is 2. The Kier molecular flexibility index (Phi) is 6.09. The predicted molar refractivity (Wildman–Crippen MR) is 92.1 cm³/mol. The van der Waals surface area contributed by atoms with Crippen LogP contribution in [0.25, 0.3) is 0 Å². The molecule has 24 heavy (non-hydrogen) atoms. The number of carbonyl (C=O) groups excluding carboxylic acids is 2. The molecule has 0 heterocycles. The molecule has 0 aliphatic carbocycles. The van der Waals surface area contributed by atoms with E-state index < -0.39 is 5.60 Å². The third-order valence-corrected chi connectivity index (χ3v) is 3.91. The van der Waals surface area contributed by atoms with E-state index in [0.29, 0.717) is 6.54 Å². The zero-order valence-corrected chi connectivity index (χ0v) is 13.9. The van der Waals surface area contributed by atoms with Crippen molar-refractivity contribution < 1.29 is 14.3 Å². The largest absolute Gasteiger partial charge is 0.364 e. The zero-order valence-electron chi connectivity index (χ0n) is 13.9. The van der Waals surface area contributed by atoms with Crippen molar-refractivity contribution in [1.82, 2.24) is 10.6 Å². The maximum absolute atomic E-state index is 12.5. The lowest BCUT2D eigenvalue weighted by Gasteiger charge is -2.27. The molecule has 0 unspecified atom stereocenters. The minimum Gasteiger partial charge on any atom is -0.364 e. The Balaban J connectivity index is 1.88. The summed E-state index contributed by atoms with van der Waals surface area (Å²) in [5, 5.41) is 5.40. The SMILES string of the molecule is CO[C@@](C)(C(=O)NCC(=O)NCc1ccccc1)c1ccccc1. The van der Waals surface area contributed by atoms with Crippen LogP contribution in [0.1, 0.15) is 18.1 Å². The Bertz CT molecular complexity index is 674. The van der Waals surface area contributed by atoms with E-state index in [1.54, 1.807) is 6.92 Å². The van der Waals surface area contributed by atoms with Crippen molar-refractivity contribution in [2.75, 3.05) is 13.7 Å². The van der Waals surface area contributed by atoms with Gasteiger partial charge in [0.25, 0.3) is 5.91 Å². The summed E-state index contributed by atoms with van der Waals surface area (Å²) in [6.45, 7) is 2.01. The summed E-state index contributed by atoms with van der Waals surface area (Å²) in [6.07, 6.45) is 0. The van der Waals surface area contributed by atoms with Crippen molar-refractivity contribution >= 4 is 11.8 Å². The first-order chi connectivity index (χ1) is 11.6. The van der Waals surface area contributed by atoms with Gasteiger partial charge in [-0.1, -0.05) is 60.7 Å². The number of hydrogen-bond acceptors (Lipinski definition) is 3. The van der Waals surface area contributed by atoms with E-state index in [2.05, 4.69) is 10.6 Å². The van der Waals surface area contributed by atoms with Crippen molar-refractivity contribution in [3.05, 3.63) is 71.8 Å². The first-order valence-corrected chi connectivity index (χ1v) is 7.76. The van der Waals surface area contributed by atoms with Gasteiger partial charge in [0, 0.05) is 13.7 Å². The Labute approximate surface area is 142 Å². The van der Waals surface area contributed by atoms with Gasteiger partial charge in [-0.3, -0.25) is 9.59 Å². The fourth-order valence-corrected chi connectivity index (χ4v) is 2.29. The normalized spacial score (nSPS) is 12.9. The molecule has 5 nitrogen and oxygen atoms in total. The van der Waals surface area contributed by atoms with Crippen LogP contribution < -0.4 is 10.6 Å². The fourth-order valence-electron chi connectivity index (χ4n) is 2.29. The summed E-state index contributed by atoms with van der Waals surface area (Å²) >= 11 is 0. The van der Waals surface area contributed by atoms with Crippen LogP contribution in [0, 0.1) is 0 Å². The van der Waals surface area contributed by atoms with Gasteiger partial charge < -0.3 is 15.4 Å². The van der Waals surface area contributed by atoms with Gasteiger partial charge in [0.15, 0.2) is 5.60 Å². The van der Waals surface area contributed by atoms with E-state index in [9.17, 15) is 9.59 Å². The second-order valence-corrected chi connectivity index (χ2v) is 5.55. The molecule has 2 rings (SSSR count). The first kappa shape index (κ1) is 17.7. The lowest BCUT2D eigenvalue weighted by Crippen LogP contribution is -2.47. The second kappa shape index (κ2) is 8.26. The van der Waals surface area contributed by atoms with Gasteiger partial charge in [-0.2, -0.15) is 0 Å². The zero-order chi connectivity index (χ0) is 17.4. The van der Waals surface area contributed by atoms with Crippen LogP contribution in [-0.4, -0.2) is 25.5 Å². The molecule has 0 fully saturated rings. The van der Waals surface area contributed by atoms with Crippen LogP contribution in [0.2, 0.25) is 0 Å². The first-order valence-electron chi connectivity index (χ1n) is 7.76. The minimum atomic E-state index is -1.14. The molecule has 0 saturated carbocycles.